The molecule has 0 aliphatic carbocycles. The second-order valence-corrected chi connectivity index (χ2v) is 6.15. The quantitative estimate of drug-likeness (QED) is 0.793. The summed E-state index contributed by atoms with van der Waals surface area (Å²) in [5, 5.41) is 13.1. The Morgan fingerprint density at radius 2 is 2.21 bits per heavy atom. The van der Waals surface area contributed by atoms with Gasteiger partial charge in [0, 0.05) is 25.6 Å². The third-order valence-electron chi connectivity index (χ3n) is 3.27. The van der Waals surface area contributed by atoms with Crippen LogP contribution in [0.2, 0.25) is 0 Å². The van der Waals surface area contributed by atoms with E-state index in [1.54, 1.807) is 11.3 Å². The minimum atomic E-state index is 0.118. The lowest BCUT2D eigenvalue weighted by Crippen LogP contribution is -2.42. The van der Waals surface area contributed by atoms with Gasteiger partial charge >= 0.3 is 0 Å². The summed E-state index contributed by atoms with van der Waals surface area (Å²) in [6, 6.07) is 4.75. The van der Waals surface area contributed by atoms with Crippen molar-refractivity contribution in [3.05, 3.63) is 22.4 Å². The predicted octanol–water partition coefficient (Wildman–Crippen LogP) is 3.40. The summed E-state index contributed by atoms with van der Waals surface area (Å²) >= 11 is 1.71. The molecule has 106 valence electrons. The Bertz CT molecular complexity index is 381. The Kier molecular flexibility index (Phi) is 7.07. The molecule has 2 atom stereocenters. The lowest BCUT2D eigenvalue weighted by Gasteiger charge is -2.35. The molecule has 0 aromatic carbocycles. The zero-order chi connectivity index (χ0) is 14.3. The summed E-state index contributed by atoms with van der Waals surface area (Å²) in [6.45, 7) is 8.32. The van der Waals surface area contributed by atoms with Crippen LogP contribution in [-0.2, 0) is 0 Å². The summed E-state index contributed by atoms with van der Waals surface area (Å²) in [5.74, 6) is 0.573. The van der Waals surface area contributed by atoms with E-state index in [9.17, 15) is 0 Å². The highest BCUT2D eigenvalue weighted by molar-refractivity contribution is 7.07. The van der Waals surface area contributed by atoms with E-state index in [-0.39, 0.29) is 12.1 Å². The number of nitriles is 1. The molecule has 0 saturated heterocycles. The molecule has 0 bridgehead atoms. The summed E-state index contributed by atoms with van der Waals surface area (Å²) < 4.78 is 0. The van der Waals surface area contributed by atoms with Gasteiger partial charge in [-0.05, 0) is 34.7 Å². The van der Waals surface area contributed by atoms with E-state index in [0.29, 0.717) is 12.3 Å². The average molecular weight is 279 g/mol. The normalized spacial score (nSPS) is 14.6. The van der Waals surface area contributed by atoms with Crippen LogP contribution in [0.3, 0.4) is 0 Å². The van der Waals surface area contributed by atoms with E-state index in [0.717, 1.165) is 19.5 Å². The zero-order valence-electron chi connectivity index (χ0n) is 12.2. The molecule has 0 aliphatic rings. The molecular weight excluding hydrogens is 254 g/mol. The van der Waals surface area contributed by atoms with Crippen LogP contribution in [0, 0.1) is 17.2 Å². The van der Waals surface area contributed by atoms with Gasteiger partial charge in [-0.15, -0.1) is 0 Å². The number of hydrogen-bond acceptors (Lipinski definition) is 4. The maximum atomic E-state index is 8.85. The van der Waals surface area contributed by atoms with Gasteiger partial charge in [0.05, 0.1) is 12.1 Å². The largest absolute Gasteiger partial charge is 0.326 e. The highest BCUT2D eigenvalue weighted by atomic mass is 32.1. The van der Waals surface area contributed by atoms with E-state index in [2.05, 4.69) is 48.6 Å². The molecule has 0 saturated carbocycles. The fraction of sp³-hybridized carbons (Fsp3) is 0.667. The van der Waals surface area contributed by atoms with E-state index in [1.807, 2.05) is 0 Å². The first kappa shape index (κ1) is 16.2. The maximum absolute atomic E-state index is 8.85. The van der Waals surface area contributed by atoms with Gasteiger partial charge in [0.1, 0.15) is 0 Å². The molecule has 0 fully saturated rings. The molecule has 1 aromatic heterocycles. The molecule has 0 radical (unpaired) electrons. The first-order chi connectivity index (χ1) is 9.10. The zero-order valence-corrected chi connectivity index (χ0v) is 13.0. The summed E-state index contributed by atoms with van der Waals surface area (Å²) in [5.41, 5.74) is 7.63. The fourth-order valence-electron chi connectivity index (χ4n) is 2.40. The number of nitrogens with zero attached hydrogens (tertiary/aromatic N) is 2. The highest BCUT2D eigenvalue weighted by Gasteiger charge is 2.26. The van der Waals surface area contributed by atoms with Crippen molar-refractivity contribution in [1.29, 1.82) is 5.26 Å². The van der Waals surface area contributed by atoms with Crippen molar-refractivity contribution in [2.75, 3.05) is 13.1 Å². The van der Waals surface area contributed by atoms with Crippen LogP contribution in [0.5, 0.6) is 0 Å². The average Bonchev–Trinajstić information content (AvgIpc) is 2.88. The summed E-state index contributed by atoms with van der Waals surface area (Å²) in [7, 11) is 0. The number of nitrogens with two attached hydrogens (primary N) is 1. The molecule has 2 unspecified atom stereocenters. The lowest BCUT2D eigenvalue weighted by atomic mass is 9.97. The van der Waals surface area contributed by atoms with Crippen molar-refractivity contribution in [2.24, 2.45) is 11.7 Å². The Hall–Kier alpha value is -0.890. The number of hydrogen-bond donors (Lipinski definition) is 1. The minimum Gasteiger partial charge on any atom is -0.326 e. The Balaban J connectivity index is 2.93. The molecule has 2 N–H and O–H groups in total. The van der Waals surface area contributed by atoms with Gasteiger partial charge in [0.25, 0.3) is 0 Å². The SMILES string of the molecule is CCC(N)C(c1ccsc1)N(CCC#N)CC(C)C. The Morgan fingerprint density at radius 1 is 1.47 bits per heavy atom. The molecule has 3 nitrogen and oxygen atoms in total. The molecule has 1 aromatic rings. The van der Waals surface area contributed by atoms with Crippen molar-refractivity contribution in [2.45, 2.75) is 45.7 Å². The van der Waals surface area contributed by atoms with Gasteiger partial charge in [0.15, 0.2) is 0 Å². The highest BCUT2D eigenvalue weighted by Crippen LogP contribution is 2.28. The maximum Gasteiger partial charge on any atom is 0.0635 e. The van der Waals surface area contributed by atoms with Gasteiger partial charge in [-0.2, -0.15) is 16.6 Å². The third kappa shape index (κ3) is 4.94. The molecule has 19 heavy (non-hydrogen) atoms. The van der Waals surface area contributed by atoms with Crippen LogP contribution in [0.25, 0.3) is 0 Å². The van der Waals surface area contributed by atoms with Crippen molar-refractivity contribution in [3.63, 3.8) is 0 Å². The third-order valence-corrected chi connectivity index (χ3v) is 3.97. The second kappa shape index (κ2) is 8.31. The Morgan fingerprint density at radius 3 is 2.68 bits per heavy atom. The van der Waals surface area contributed by atoms with Crippen molar-refractivity contribution in [1.82, 2.24) is 4.90 Å². The van der Waals surface area contributed by atoms with Crippen molar-refractivity contribution in [3.8, 4) is 6.07 Å². The van der Waals surface area contributed by atoms with Crippen LogP contribution < -0.4 is 5.73 Å². The molecule has 1 heterocycles. The van der Waals surface area contributed by atoms with Gasteiger partial charge in [0.2, 0.25) is 0 Å². The Labute approximate surface area is 121 Å². The second-order valence-electron chi connectivity index (χ2n) is 5.37. The lowest BCUT2D eigenvalue weighted by molar-refractivity contribution is 0.154. The van der Waals surface area contributed by atoms with E-state index in [1.165, 1.54) is 5.56 Å². The summed E-state index contributed by atoms with van der Waals surface area (Å²) in [6.07, 6.45) is 1.51. The number of thiophene rings is 1. The standard InChI is InChI=1S/C15H25N3S/c1-4-14(17)15(13-6-9-19-11-13)18(8-5-7-16)10-12(2)3/h6,9,11-12,14-15H,4-5,8,10,17H2,1-3H3. The first-order valence-electron chi connectivity index (χ1n) is 6.98. The number of rotatable bonds is 8. The van der Waals surface area contributed by atoms with Crippen molar-refractivity contribution >= 4 is 11.3 Å². The van der Waals surface area contributed by atoms with Gasteiger partial charge in [-0.1, -0.05) is 20.8 Å². The minimum absolute atomic E-state index is 0.118. The molecule has 0 amide bonds. The van der Waals surface area contributed by atoms with E-state index >= 15 is 0 Å². The van der Waals surface area contributed by atoms with Crippen LogP contribution in [0.1, 0.15) is 45.2 Å². The molecular formula is C15H25N3S. The topological polar surface area (TPSA) is 53.0 Å². The van der Waals surface area contributed by atoms with Gasteiger partial charge in [-0.3, -0.25) is 4.90 Å². The van der Waals surface area contributed by atoms with Crippen LogP contribution >= 0.6 is 11.3 Å². The molecule has 0 spiro atoms. The predicted molar refractivity (Wildman–Crippen MR) is 82.0 cm³/mol. The molecule has 0 aliphatic heterocycles. The van der Waals surface area contributed by atoms with E-state index < -0.39 is 0 Å². The van der Waals surface area contributed by atoms with Crippen molar-refractivity contribution < 1.29 is 0 Å². The molecule has 1 rings (SSSR count). The summed E-state index contributed by atoms with van der Waals surface area (Å²) in [4.78, 5) is 2.38. The van der Waals surface area contributed by atoms with Crippen LogP contribution in [-0.4, -0.2) is 24.0 Å². The fourth-order valence-corrected chi connectivity index (χ4v) is 3.09. The smallest absolute Gasteiger partial charge is 0.0635 e. The van der Waals surface area contributed by atoms with Gasteiger partial charge in [-0.25, -0.2) is 0 Å². The van der Waals surface area contributed by atoms with Gasteiger partial charge < -0.3 is 5.73 Å². The van der Waals surface area contributed by atoms with Crippen LogP contribution in [0.15, 0.2) is 16.8 Å². The van der Waals surface area contributed by atoms with E-state index in [4.69, 9.17) is 11.0 Å². The molecule has 4 heteroatoms. The van der Waals surface area contributed by atoms with Crippen LogP contribution in [0.4, 0.5) is 0 Å². The first-order valence-corrected chi connectivity index (χ1v) is 7.93. The monoisotopic (exact) mass is 279 g/mol.